The number of ether oxygens (including phenoxy) is 2. The second kappa shape index (κ2) is 8.11. The molecule has 0 spiro atoms. The Morgan fingerprint density at radius 1 is 1.29 bits per heavy atom. The van der Waals surface area contributed by atoms with E-state index in [1.165, 1.54) is 41.7 Å². The van der Waals surface area contributed by atoms with E-state index in [0.29, 0.717) is 11.7 Å². The normalized spacial score (nSPS) is 27.7. The lowest BCUT2D eigenvalue weighted by Crippen LogP contribution is -2.50. The van der Waals surface area contributed by atoms with E-state index in [1.54, 1.807) is 23.9 Å². The summed E-state index contributed by atoms with van der Waals surface area (Å²) in [5.41, 5.74) is 4.23. The number of hydrogen-bond donors (Lipinski definition) is 1. The molecule has 1 fully saturated rings. The molecule has 1 aliphatic heterocycles. The third kappa shape index (κ3) is 3.55. The highest BCUT2D eigenvalue weighted by atomic mass is 16.6. The highest BCUT2D eigenvalue weighted by Gasteiger charge is 2.49. The van der Waals surface area contributed by atoms with Crippen molar-refractivity contribution < 1.29 is 14.3 Å². The molecule has 7 nitrogen and oxygen atoms in total. The number of carbonyl (C=O) groups excluding carboxylic acids is 1. The molecule has 3 aliphatic carbocycles. The van der Waals surface area contributed by atoms with E-state index in [1.807, 2.05) is 7.05 Å². The molecule has 2 atom stereocenters. The van der Waals surface area contributed by atoms with Crippen molar-refractivity contribution in [2.24, 2.45) is 18.0 Å². The van der Waals surface area contributed by atoms with Crippen molar-refractivity contribution in [3.8, 4) is 0 Å². The van der Waals surface area contributed by atoms with Crippen LogP contribution in [0.5, 0.6) is 0 Å². The zero-order chi connectivity index (χ0) is 21.4. The van der Waals surface area contributed by atoms with Gasteiger partial charge < -0.3 is 19.4 Å². The molecular weight excluding hydrogens is 392 g/mol. The van der Waals surface area contributed by atoms with Crippen molar-refractivity contribution in [1.29, 1.82) is 0 Å². The summed E-state index contributed by atoms with van der Waals surface area (Å²) in [6.45, 7) is 2.43. The predicted molar refractivity (Wildman–Crippen MR) is 117 cm³/mol. The molecule has 2 unspecified atom stereocenters. The number of carbonyl (C=O) groups is 1. The Balaban J connectivity index is 1.44. The van der Waals surface area contributed by atoms with Crippen LogP contribution in [0.4, 0.5) is 0 Å². The second-order valence-electron chi connectivity index (χ2n) is 8.73. The molecule has 2 bridgehead atoms. The average molecular weight is 423 g/mol. The number of aryl methyl sites for hydroxylation is 1. The fourth-order valence-corrected chi connectivity index (χ4v) is 5.20. The van der Waals surface area contributed by atoms with Crippen molar-refractivity contribution in [3.63, 3.8) is 0 Å². The minimum Gasteiger partial charge on any atom is -0.463 e. The molecule has 0 saturated heterocycles. The summed E-state index contributed by atoms with van der Waals surface area (Å²) in [7, 11) is 1.85. The van der Waals surface area contributed by atoms with Crippen molar-refractivity contribution in [3.05, 3.63) is 52.8 Å². The molecule has 0 amide bonds. The Bertz CT molecular complexity index is 1020. The molecular formula is C24H30N4O3. The maximum absolute atomic E-state index is 12.9. The molecule has 5 rings (SSSR count). The summed E-state index contributed by atoms with van der Waals surface area (Å²) < 4.78 is 13.3. The summed E-state index contributed by atoms with van der Waals surface area (Å²) in [6.07, 6.45) is 15.4. The number of amidine groups is 1. The Morgan fingerprint density at radius 2 is 2.13 bits per heavy atom. The zero-order valence-electron chi connectivity index (χ0n) is 18.3. The van der Waals surface area contributed by atoms with Crippen LogP contribution in [-0.2, 0) is 26.9 Å². The van der Waals surface area contributed by atoms with Crippen LogP contribution in [-0.4, -0.2) is 41.1 Å². The molecule has 7 heteroatoms. The predicted octanol–water partition coefficient (Wildman–Crippen LogP) is 3.30. The van der Waals surface area contributed by atoms with E-state index in [0.717, 1.165) is 25.1 Å². The van der Waals surface area contributed by atoms with Gasteiger partial charge in [0.1, 0.15) is 12.4 Å². The van der Waals surface area contributed by atoms with Gasteiger partial charge in [0.2, 0.25) is 5.60 Å². The van der Waals surface area contributed by atoms with Gasteiger partial charge in [0, 0.05) is 25.1 Å². The smallest absolute Gasteiger partial charge is 0.348 e. The highest BCUT2D eigenvalue weighted by Crippen LogP contribution is 2.42. The first-order valence-corrected chi connectivity index (χ1v) is 11.4. The van der Waals surface area contributed by atoms with E-state index in [2.05, 4.69) is 22.5 Å². The molecule has 0 radical (unpaired) electrons. The van der Waals surface area contributed by atoms with Crippen LogP contribution in [0.2, 0.25) is 0 Å². The van der Waals surface area contributed by atoms with Crippen LogP contribution in [0.3, 0.4) is 0 Å². The quantitative estimate of drug-likeness (QED) is 0.754. The Labute approximate surface area is 182 Å². The number of imidazole rings is 1. The van der Waals surface area contributed by atoms with Gasteiger partial charge in [-0.3, -0.25) is 4.99 Å². The largest absolute Gasteiger partial charge is 0.463 e. The first-order valence-electron chi connectivity index (χ1n) is 11.4. The first-order chi connectivity index (χ1) is 15.1. The van der Waals surface area contributed by atoms with Crippen LogP contribution in [0.15, 0.2) is 52.0 Å². The minimum absolute atomic E-state index is 0.145. The van der Waals surface area contributed by atoms with Crippen LogP contribution < -0.4 is 5.32 Å². The van der Waals surface area contributed by atoms with Gasteiger partial charge >= 0.3 is 5.97 Å². The maximum Gasteiger partial charge on any atom is 0.348 e. The zero-order valence-corrected chi connectivity index (χ0v) is 18.3. The van der Waals surface area contributed by atoms with Crippen LogP contribution in [0.1, 0.15) is 51.3 Å². The lowest BCUT2D eigenvalue weighted by atomic mass is 9.89. The van der Waals surface area contributed by atoms with Gasteiger partial charge in [-0.15, -0.1) is 0 Å². The summed E-state index contributed by atoms with van der Waals surface area (Å²) in [4.78, 5) is 22.0. The topological polar surface area (TPSA) is 77.7 Å². The first kappa shape index (κ1) is 20.2. The second-order valence-corrected chi connectivity index (χ2v) is 8.73. The van der Waals surface area contributed by atoms with Crippen LogP contribution in [0.25, 0.3) is 0 Å². The van der Waals surface area contributed by atoms with Crippen LogP contribution >= 0.6 is 0 Å². The number of nitrogens with zero attached hydrogens (tertiary/aromatic N) is 3. The Kier molecular flexibility index (Phi) is 5.30. The van der Waals surface area contributed by atoms with Gasteiger partial charge in [-0.05, 0) is 68.1 Å². The minimum atomic E-state index is -1.31. The average Bonchev–Trinajstić information content (AvgIpc) is 3.40. The number of aliphatic imine (C=N–C) groups is 1. The van der Waals surface area contributed by atoms with Gasteiger partial charge in [0.15, 0.2) is 5.82 Å². The Hall–Kier alpha value is -2.67. The molecule has 164 valence electrons. The van der Waals surface area contributed by atoms with E-state index >= 15 is 0 Å². The number of rotatable bonds is 4. The number of allylic oxidation sites excluding steroid dienone is 5. The molecule has 4 aliphatic rings. The monoisotopic (exact) mass is 422 g/mol. The molecule has 1 aromatic heterocycles. The third-order valence-electron chi connectivity index (χ3n) is 6.70. The van der Waals surface area contributed by atoms with Gasteiger partial charge in [-0.25, -0.2) is 9.78 Å². The summed E-state index contributed by atoms with van der Waals surface area (Å²) in [5, 5.41) is 3.61. The molecule has 31 heavy (non-hydrogen) atoms. The SMILES string of the molecule is CCOC(=O)C1(c2nccn2C)CN=C(NC2=C3CCCC3=CC3C=C2CCC3)CO1. The number of nitrogens with one attached hydrogen (secondary N) is 1. The van der Waals surface area contributed by atoms with E-state index in [-0.39, 0.29) is 19.8 Å². The molecule has 1 N–H and O–H groups in total. The van der Waals surface area contributed by atoms with Crippen molar-refractivity contribution in [2.75, 3.05) is 19.8 Å². The van der Waals surface area contributed by atoms with Gasteiger partial charge in [0.25, 0.3) is 0 Å². The third-order valence-corrected chi connectivity index (χ3v) is 6.70. The maximum atomic E-state index is 12.9. The van der Waals surface area contributed by atoms with Gasteiger partial charge in [-0.2, -0.15) is 0 Å². The summed E-state index contributed by atoms with van der Waals surface area (Å²) in [5.74, 6) is 1.38. The van der Waals surface area contributed by atoms with Crippen molar-refractivity contribution in [2.45, 2.75) is 51.0 Å². The summed E-state index contributed by atoms with van der Waals surface area (Å²) in [6, 6.07) is 0. The number of aromatic nitrogens is 2. The van der Waals surface area contributed by atoms with E-state index < -0.39 is 11.6 Å². The number of hydrogen-bond acceptors (Lipinski definition) is 6. The van der Waals surface area contributed by atoms with Crippen molar-refractivity contribution in [1.82, 2.24) is 14.9 Å². The fourth-order valence-electron chi connectivity index (χ4n) is 5.20. The lowest BCUT2D eigenvalue weighted by Gasteiger charge is -2.33. The van der Waals surface area contributed by atoms with E-state index in [4.69, 9.17) is 14.5 Å². The van der Waals surface area contributed by atoms with Gasteiger partial charge in [-0.1, -0.05) is 12.2 Å². The number of fused-ring (bicyclic) bond motifs is 2. The Morgan fingerprint density at radius 3 is 2.87 bits per heavy atom. The fraction of sp³-hybridized carbons (Fsp3) is 0.542. The lowest BCUT2D eigenvalue weighted by molar-refractivity contribution is -0.173. The van der Waals surface area contributed by atoms with Crippen molar-refractivity contribution >= 4 is 11.8 Å². The standard InChI is InChI=1S/C24H30N4O3/c1-3-30-23(29)24(22-25-10-11-28(22)2)15-26-20(14-31-24)27-21-18-8-4-6-16(13-18)12-17-7-5-9-19(17)21/h10-13,16H,3-9,14-15H2,1-2H3,(H,26,27). The molecule has 1 aromatic rings. The molecule has 2 heterocycles. The van der Waals surface area contributed by atoms with Crippen LogP contribution in [0, 0.1) is 5.92 Å². The molecule has 0 aromatic carbocycles. The summed E-state index contributed by atoms with van der Waals surface area (Å²) >= 11 is 0. The number of esters is 1. The molecule has 1 saturated carbocycles. The van der Waals surface area contributed by atoms with Gasteiger partial charge in [0.05, 0.1) is 13.2 Å². The van der Waals surface area contributed by atoms with E-state index in [9.17, 15) is 4.79 Å². The highest BCUT2D eigenvalue weighted by molar-refractivity contribution is 5.89.